The average molecular weight is 154 g/mol. The Balaban J connectivity index is 2.97. The van der Waals surface area contributed by atoms with Crippen LogP contribution in [0.5, 0.6) is 0 Å². The summed E-state index contributed by atoms with van der Waals surface area (Å²) >= 11 is 0. The Morgan fingerprint density at radius 3 is 2.45 bits per heavy atom. The van der Waals surface area contributed by atoms with E-state index in [9.17, 15) is 0 Å². The molecule has 0 bridgehead atoms. The molecule has 1 atom stereocenters. The summed E-state index contributed by atoms with van der Waals surface area (Å²) in [6.45, 7) is 6.65. The monoisotopic (exact) mass is 154 g/mol. The molecule has 0 fully saturated rings. The Morgan fingerprint density at radius 2 is 2.18 bits per heavy atom. The largest absolute Gasteiger partial charge is 0.323 e. The third-order valence-electron chi connectivity index (χ3n) is 1.57. The zero-order valence-corrected chi connectivity index (χ0v) is 7.20. The van der Waals surface area contributed by atoms with E-state index in [1.54, 1.807) is 4.80 Å². The minimum absolute atomic E-state index is 0.0182. The number of nitrogens with two attached hydrogens (primary N) is 1. The quantitative estimate of drug-likeness (QED) is 0.679. The molecule has 1 rings (SSSR count). The molecule has 0 aromatic carbocycles. The predicted octanol–water partition coefficient (Wildman–Crippen LogP) is 0.626. The summed E-state index contributed by atoms with van der Waals surface area (Å²) in [7, 11) is 0. The second-order valence-electron chi connectivity index (χ2n) is 2.65. The number of hydrogen-bond acceptors (Lipinski definition) is 3. The van der Waals surface area contributed by atoms with Gasteiger partial charge in [-0.25, -0.2) is 0 Å². The van der Waals surface area contributed by atoms with Crippen molar-refractivity contribution in [1.29, 1.82) is 0 Å². The first-order chi connectivity index (χ1) is 5.15. The second-order valence-corrected chi connectivity index (χ2v) is 2.65. The van der Waals surface area contributed by atoms with Crippen molar-refractivity contribution in [3.05, 3.63) is 11.4 Å². The number of aromatic nitrogens is 3. The molecule has 4 nitrogen and oxygen atoms in total. The fourth-order valence-corrected chi connectivity index (χ4v) is 1.01. The normalized spacial score (nSPS) is 13.5. The number of hydrogen-bond donors (Lipinski definition) is 1. The lowest BCUT2D eigenvalue weighted by atomic mass is 10.2. The molecule has 4 heteroatoms. The number of aryl methyl sites for hydroxylation is 2. The molecule has 0 aliphatic carbocycles. The molecule has 0 radical (unpaired) electrons. The molecule has 11 heavy (non-hydrogen) atoms. The molecule has 0 saturated heterocycles. The fraction of sp³-hybridized carbons (Fsp3) is 0.714. The lowest BCUT2D eigenvalue weighted by molar-refractivity contribution is 0.556. The third kappa shape index (κ3) is 1.57. The maximum Gasteiger partial charge on any atom is 0.102 e. The first kappa shape index (κ1) is 8.20. The molecule has 1 aromatic rings. The van der Waals surface area contributed by atoms with Crippen LogP contribution in [0.2, 0.25) is 0 Å². The van der Waals surface area contributed by atoms with Crippen LogP contribution in [0.1, 0.15) is 31.3 Å². The van der Waals surface area contributed by atoms with E-state index in [4.69, 9.17) is 5.73 Å². The highest BCUT2D eigenvalue weighted by Gasteiger charge is 2.09. The molecule has 2 N–H and O–H groups in total. The molecule has 0 aliphatic rings. The first-order valence-electron chi connectivity index (χ1n) is 3.82. The third-order valence-corrected chi connectivity index (χ3v) is 1.57. The second kappa shape index (κ2) is 3.00. The van der Waals surface area contributed by atoms with Gasteiger partial charge in [0.05, 0.1) is 12.2 Å². The summed E-state index contributed by atoms with van der Waals surface area (Å²) in [4.78, 5) is 1.66. The Kier molecular flexibility index (Phi) is 2.24. The predicted molar refractivity (Wildman–Crippen MR) is 43.0 cm³/mol. The molecule has 0 saturated carbocycles. The molecular weight excluding hydrogens is 140 g/mol. The highest BCUT2D eigenvalue weighted by molar-refractivity contribution is 5.09. The zero-order valence-electron chi connectivity index (χ0n) is 7.20. The van der Waals surface area contributed by atoms with Gasteiger partial charge < -0.3 is 5.73 Å². The van der Waals surface area contributed by atoms with Crippen LogP contribution in [0.15, 0.2) is 0 Å². The van der Waals surface area contributed by atoms with Gasteiger partial charge in [0, 0.05) is 6.04 Å². The summed E-state index contributed by atoms with van der Waals surface area (Å²) in [6.07, 6.45) is 0. The van der Waals surface area contributed by atoms with E-state index >= 15 is 0 Å². The molecule has 1 heterocycles. The maximum atomic E-state index is 5.67. The smallest absolute Gasteiger partial charge is 0.102 e. The van der Waals surface area contributed by atoms with Crippen molar-refractivity contribution in [2.45, 2.75) is 33.4 Å². The van der Waals surface area contributed by atoms with Gasteiger partial charge in [0.25, 0.3) is 0 Å². The molecule has 0 aliphatic heterocycles. The van der Waals surface area contributed by atoms with Crippen molar-refractivity contribution in [1.82, 2.24) is 15.0 Å². The Morgan fingerprint density at radius 1 is 1.55 bits per heavy atom. The van der Waals surface area contributed by atoms with Gasteiger partial charge >= 0.3 is 0 Å². The van der Waals surface area contributed by atoms with Crippen LogP contribution >= 0.6 is 0 Å². The van der Waals surface area contributed by atoms with Crippen LogP contribution in [0.3, 0.4) is 0 Å². The van der Waals surface area contributed by atoms with Crippen molar-refractivity contribution < 1.29 is 0 Å². The molecule has 62 valence electrons. The van der Waals surface area contributed by atoms with Crippen molar-refractivity contribution in [2.75, 3.05) is 0 Å². The van der Waals surface area contributed by atoms with E-state index in [2.05, 4.69) is 10.2 Å². The van der Waals surface area contributed by atoms with Crippen LogP contribution in [0, 0.1) is 6.92 Å². The minimum atomic E-state index is -0.0182. The Bertz CT molecular complexity index is 239. The van der Waals surface area contributed by atoms with Gasteiger partial charge in [-0.3, -0.25) is 0 Å². The van der Waals surface area contributed by atoms with Crippen LogP contribution in [-0.2, 0) is 6.54 Å². The Hall–Kier alpha value is -0.900. The van der Waals surface area contributed by atoms with Crippen LogP contribution in [0.25, 0.3) is 0 Å². The fourth-order valence-electron chi connectivity index (χ4n) is 1.01. The van der Waals surface area contributed by atoms with Gasteiger partial charge in [-0.2, -0.15) is 15.0 Å². The molecule has 1 unspecified atom stereocenters. The van der Waals surface area contributed by atoms with Crippen LogP contribution in [-0.4, -0.2) is 15.0 Å². The molecule has 1 aromatic heterocycles. The van der Waals surface area contributed by atoms with Gasteiger partial charge in [-0.05, 0) is 20.8 Å². The minimum Gasteiger partial charge on any atom is -0.323 e. The standard InChI is InChI=1S/C7H14N4/c1-4-11-9-6(3)7(10-11)5(2)8/h5H,4,8H2,1-3H3. The van der Waals surface area contributed by atoms with E-state index in [0.29, 0.717) is 0 Å². The number of rotatable bonds is 2. The first-order valence-corrected chi connectivity index (χ1v) is 3.82. The highest BCUT2D eigenvalue weighted by atomic mass is 15.5. The van der Waals surface area contributed by atoms with Gasteiger partial charge in [0.2, 0.25) is 0 Å². The van der Waals surface area contributed by atoms with Crippen molar-refractivity contribution >= 4 is 0 Å². The van der Waals surface area contributed by atoms with E-state index in [-0.39, 0.29) is 6.04 Å². The van der Waals surface area contributed by atoms with E-state index in [0.717, 1.165) is 17.9 Å². The van der Waals surface area contributed by atoms with E-state index in [1.807, 2.05) is 20.8 Å². The summed E-state index contributed by atoms with van der Waals surface area (Å²) in [5.41, 5.74) is 7.49. The van der Waals surface area contributed by atoms with Crippen molar-refractivity contribution in [3.8, 4) is 0 Å². The summed E-state index contributed by atoms with van der Waals surface area (Å²) in [5.74, 6) is 0. The van der Waals surface area contributed by atoms with Crippen LogP contribution in [0.4, 0.5) is 0 Å². The van der Waals surface area contributed by atoms with Gasteiger partial charge in [0.15, 0.2) is 0 Å². The molecule has 0 spiro atoms. The summed E-state index contributed by atoms with van der Waals surface area (Å²) < 4.78 is 0. The van der Waals surface area contributed by atoms with Gasteiger partial charge in [-0.15, -0.1) is 0 Å². The Labute approximate surface area is 66.4 Å². The van der Waals surface area contributed by atoms with Crippen LogP contribution < -0.4 is 5.73 Å². The lowest BCUT2D eigenvalue weighted by Gasteiger charge is -1.98. The van der Waals surface area contributed by atoms with E-state index < -0.39 is 0 Å². The summed E-state index contributed by atoms with van der Waals surface area (Å²) in [6, 6.07) is -0.0182. The highest BCUT2D eigenvalue weighted by Crippen LogP contribution is 2.08. The van der Waals surface area contributed by atoms with Gasteiger partial charge in [0.1, 0.15) is 5.69 Å². The van der Waals surface area contributed by atoms with Crippen molar-refractivity contribution in [2.24, 2.45) is 5.73 Å². The van der Waals surface area contributed by atoms with E-state index in [1.165, 1.54) is 0 Å². The van der Waals surface area contributed by atoms with Gasteiger partial charge in [-0.1, -0.05) is 0 Å². The lowest BCUT2D eigenvalue weighted by Crippen LogP contribution is -2.08. The molecule has 0 amide bonds. The molecular formula is C7H14N4. The number of nitrogens with zero attached hydrogens (tertiary/aromatic N) is 3. The van der Waals surface area contributed by atoms with Crippen molar-refractivity contribution in [3.63, 3.8) is 0 Å². The average Bonchev–Trinajstić information content (AvgIpc) is 2.30. The topological polar surface area (TPSA) is 56.7 Å². The zero-order chi connectivity index (χ0) is 8.43. The summed E-state index contributed by atoms with van der Waals surface area (Å²) in [5, 5.41) is 8.38. The SMILES string of the molecule is CCn1nc(C)c(C(C)N)n1. The maximum absolute atomic E-state index is 5.67.